The molecule has 1 saturated heterocycles. The average molecular weight is 448 g/mol. The molecule has 0 spiro atoms. The molecule has 6 nitrogen and oxygen atoms in total. The van der Waals surface area contributed by atoms with E-state index >= 15 is 0 Å². The molecule has 33 heavy (non-hydrogen) atoms. The number of ether oxygens (including phenoxy) is 2. The molecule has 3 heterocycles. The molecule has 2 aliphatic heterocycles. The van der Waals surface area contributed by atoms with Crippen LogP contribution in [0.4, 0.5) is 0 Å². The van der Waals surface area contributed by atoms with Crippen molar-refractivity contribution in [2.75, 3.05) is 19.9 Å². The van der Waals surface area contributed by atoms with E-state index in [9.17, 15) is 4.79 Å². The predicted molar refractivity (Wildman–Crippen MR) is 131 cm³/mol. The standard InChI is InChI=1S/C27H33N3O3/c1-17(2)26-28-23-9-7-20(21-8-10-24-25(13-21)33-16-32-24)12-22(23)27(31)30(26)15-19-6-5-11-29(14-19)18(3)4/h7-10,12-13,17-19H,5-6,11,14-16H2,1-4H3/t19-/m0/s1. The highest BCUT2D eigenvalue weighted by atomic mass is 16.7. The molecule has 0 unspecified atom stereocenters. The van der Waals surface area contributed by atoms with Gasteiger partial charge in [0.1, 0.15) is 5.82 Å². The van der Waals surface area contributed by atoms with E-state index in [0.717, 1.165) is 60.0 Å². The Kier molecular flexibility index (Phi) is 5.87. The number of nitrogens with zero attached hydrogens (tertiary/aromatic N) is 3. The zero-order valence-corrected chi connectivity index (χ0v) is 20.0. The van der Waals surface area contributed by atoms with Crippen LogP contribution < -0.4 is 15.0 Å². The summed E-state index contributed by atoms with van der Waals surface area (Å²) in [6.45, 7) is 11.9. The molecule has 0 radical (unpaired) electrons. The molecule has 1 atom stereocenters. The second kappa shape index (κ2) is 8.82. The number of likely N-dealkylation sites (tertiary alicyclic amines) is 1. The molecule has 2 aliphatic rings. The number of hydrogen-bond acceptors (Lipinski definition) is 5. The largest absolute Gasteiger partial charge is 0.454 e. The van der Waals surface area contributed by atoms with E-state index in [1.807, 2.05) is 41.0 Å². The summed E-state index contributed by atoms with van der Waals surface area (Å²) >= 11 is 0. The molecule has 2 aromatic carbocycles. The fourth-order valence-corrected chi connectivity index (χ4v) is 5.08. The maximum atomic E-state index is 13.8. The monoisotopic (exact) mass is 447 g/mol. The Bertz CT molecular complexity index is 1230. The van der Waals surface area contributed by atoms with Gasteiger partial charge in [0.25, 0.3) is 5.56 Å². The first-order chi connectivity index (χ1) is 15.9. The Hall–Kier alpha value is -2.86. The fraction of sp³-hybridized carbons (Fsp3) is 0.481. The summed E-state index contributed by atoms with van der Waals surface area (Å²) in [6, 6.07) is 12.4. The molecule has 0 amide bonds. The molecule has 0 saturated carbocycles. The highest BCUT2D eigenvalue weighted by Gasteiger charge is 2.24. The van der Waals surface area contributed by atoms with Crippen LogP contribution in [0.15, 0.2) is 41.2 Å². The Morgan fingerprint density at radius 3 is 2.58 bits per heavy atom. The third-order valence-electron chi connectivity index (χ3n) is 6.93. The van der Waals surface area contributed by atoms with Gasteiger partial charge in [0.2, 0.25) is 6.79 Å². The summed E-state index contributed by atoms with van der Waals surface area (Å²) in [7, 11) is 0. The van der Waals surface area contributed by atoms with Crippen LogP contribution >= 0.6 is 0 Å². The minimum Gasteiger partial charge on any atom is -0.454 e. The Morgan fingerprint density at radius 2 is 1.79 bits per heavy atom. The van der Waals surface area contributed by atoms with E-state index in [1.165, 1.54) is 6.42 Å². The van der Waals surface area contributed by atoms with Crippen LogP contribution in [-0.4, -0.2) is 40.4 Å². The molecular formula is C27H33N3O3. The van der Waals surface area contributed by atoms with Crippen molar-refractivity contribution in [2.45, 2.75) is 59.0 Å². The normalized spacial score (nSPS) is 18.5. The number of benzene rings is 2. The third-order valence-corrected chi connectivity index (χ3v) is 6.93. The first kappa shape index (κ1) is 22.0. The van der Waals surface area contributed by atoms with Gasteiger partial charge in [-0.2, -0.15) is 0 Å². The van der Waals surface area contributed by atoms with Crippen molar-refractivity contribution >= 4 is 10.9 Å². The van der Waals surface area contributed by atoms with Gasteiger partial charge >= 0.3 is 0 Å². The number of rotatable bonds is 5. The molecule has 0 bridgehead atoms. The maximum Gasteiger partial charge on any atom is 0.261 e. The van der Waals surface area contributed by atoms with Gasteiger partial charge in [-0.3, -0.25) is 9.36 Å². The second-order valence-electron chi connectivity index (χ2n) is 9.94. The summed E-state index contributed by atoms with van der Waals surface area (Å²) < 4.78 is 12.9. The summed E-state index contributed by atoms with van der Waals surface area (Å²) in [5.74, 6) is 3.02. The van der Waals surface area contributed by atoms with E-state index in [-0.39, 0.29) is 18.3 Å². The molecular weight excluding hydrogens is 414 g/mol. The zero-order chi connectivity index (χ0) is 23.1. The minimum atomic E-state index is 0.0629. The molecule has 1 aromatic heterocycles. The van der Waals surface area contributed by atoms with Crippen LogP contribution in [0.3, 0.4) is 0 Å². The average Bonchev–Trinajstić information content (AvgIpc) is 3.28. The summed E-state index contributed by atoms with van der Waals surface area (Å²) in [5.41, 5.74) is 2.80. The van der Waals surface area contributed by atoms with Crippen LogP contribution in [-0.2, 0) is 6.54 Å². The second-order valence-corrected chi connectivity index (χ2v) is 9.94. The van der Waals surface area contributed by atoms with Gasteiger partial charge < -0.3 is 14.4 Å². The number of hydrogen-bond donors (Lipinski definition) is 0. The van der Waals surface area contributed by atoms with Gasteiger partial charge in [0.05, 0.1) is 10.9 Å². The van der Waals surface area contributed by atoms with Crippen molar-refractivity contribution in [3.8, 4) is 22.6 Å². The lowest BCUT2D eigenvalue weighted by atomic mass is 9.96. The summed E-state index contributed by atoms with van der Waals surface area (Å²) in [5, 5.41) is 0.672. The zero-order valence-electron chi connectivity index (χ0n) is 20.0. The first-order valence-electron chi connectivity index (χ1n) is 12.1. The smallest absolute Gasteiger partial charge is 0.261 e. The lowest BCUT2D eigenvalue weighted by molar-refractivity contribution is 0.129. The quantitative estimate of drug-likeness (QED) is 0.549. The van der Waals surface area contributed by atoms with Crippen LogP contribution in [0.25, 0.3) is 22.0 Å². The Balaban J connectivity index is 1.54. The van der Waals surface area contributed by atoms with Crippen LogP contribution in [0.5, 0.6) is 11.5 Å². The van der Waals surface area contributed by atoms with E-state index < -0.39 is 0 Å². The lowest BCUT2D eigenvalue weighted by Crippen LogP contribution is -2.42. The van der Waals surface area contributed by atoms with Crippen molar-refractivity contribution in [3.05, 3.63) is 52.6 Å². The molecule has 0 aliphatic carbocycles. The van der Waals surface area contributed by atoms with Crippen molar-refractivity contribution < 1.29 is 9.47 Å². The van der Waals surface area contributed by atoms with Crippen LogP contribution in [0, 0.1) is 5.92 Å². The van der Waals surface area contributed by atoms with E-state index in [4.69, 9.17) is 14.5 Å². The van der Waals surface area contributed by atoms with Gasteiger partial charge in [-0.05, 0) is 74.5 Å². The van der Waals surface area contributed by atoms with E-state index in [0.29, 0.717) is 17.3 Å². The Morgan fingerprint density at radius 1 is 1.03 bits per heavy atom. The highest BCUT2D eigenvalue weighted by Crippen LogP contribution is 2.36. The van der Waals surface area contributed by atoms with Crippen molar-refractivity contribution in [1.82, 2.24) is 14.5 Å². The molecule has 6 heteroatoms. The number of aromatic nitrogens is 2. The predicted octanol–water partition coefficient (Wildman–Crippen LogP) is 5.04. The first-order valence-corrected chi connectivity index (χ1v) is 12.1. The molecule has 3 aromatic rings. The highest BCUT2D eigenvalue weighted by molar-refractivity contribution is 5.84. The van der Waals surface area contributed by atoms with E-state index in [1.54, 1.807) is 0 Å². The van der Waals surface area contributed by atoms with Gasteiger partial charge in [0, 0.05) is 25.0 Å². The minimum absolute atomic E-state index is 0.0629. The van der Waals surface area contributed by atoms with Gasteiger partial charge in [0.15, 0.2) is 11.5 Å². The summed E-state index contributed by atoms with van der Waals surface area (Å²) in [4.78, 5) is 21.3. The Labute approximate surface area is 195 Å². The molecule has 0 N–H and O–H groups in total. The van der Waals surface area contributed by atoms with Crippen LogP contribution in [0.1, 0.15) is 52.3 Å². The SMILES string of the molecule is CC(C)c1nc2ccc(-c3ccc4c(c3)OCO4)cc2c(=O)n1C[C@H]1CCCN(C(C)C)C1. The third kappa shape index (κ3) is 4.24. The maximum absolute atomic E-state index is 13.8. The summed E-state index contributed by atoms with van der Waals surface area (Å²) in [6.07, 6.45) is 2.34. The van der Waals surface area contributed by atoms with Crippen LogP contribution in [0.2, 0.25) is 0 Å². The van der Waals surface area contributed by atoms with E-state index in [2.05, 4.69) is 32.6 Å². The fourth-order valence-electron chi connectivity index (χ4n) is 5.08. The van der Waals surface area contributed by atoms with Gasteiger partial charge in [-0.25, -0.2) is 4.98 Å². The number of piperidine rings is 1. The van der Waals surface area contributed by atoms with Crippen molar-refractivity contribution in [1.29, 1.82) is 0 Å². The number of fused-ring (bicyclic) bond motifs is 2. The lowest BCUT2D eigenvalue weighted by Gasteiger charge is -2.36. The molecule has 1 fully saturated rings. The molecule has 174 valence electrons. The van der Waals surface area contributed by atoms with Crippen molar-refractivity contribution in [3.63, 3.8) is 0 Å². The van der Waals surface area contributed by atoms with Gasteiger partial charge in [-0.15, -0.1) is 0 Å². The van der Waals surface area contributed by atoms with Gasteiger partial charge in [-0.1, -0.05) is 26.0 Å². The van der Waals surface area contributed by atoms with Crippen molar-refractivity contribution in [2.24, 2.45) is 5.92 Å². The molecule has 5 rings (SSSR count). The topological polar surface area (TPSA) is 56.6 Å².